The minimum absolute atomic E-state index is 0.00495. The number of nitro benzene ring substituents is 1. The largest absolute Gasteiger partial charge is 0.493 e. The van der Waals surface area contributed by atoms with Gasteiger partial charge in [-0.1, -0.05) is 0 Å². The third-order valence-corrected chi connectivity index (χ3v) is 5.07. The molecule has 0 spiro atoms. The van der Waals surface area contributed by atoms with Crippen molar-refractivity contribution in [2.24, 2.45) is 5.10 Å². The minimum atomic E-state index is -4.45. The highest BCUT2D eigenvalue weighted by atomic mass is 127. The molecule has 2 aromatic carbocycles. The lowest BCUT2D eigenvalue weighted by Gasteiger charge is -2.13. The Kier molecular flexibility index (Phi) is 7.68. The van der Waals surface area contributed by atoms with E-state index in [-0.39, 0.29) is 18.1 Å². The van der Waals surface area contributed by atoms with Gasteiger partial charge in [0.1, 0.15) is 12.4 Å². The van der Waals surface area contributed by atoms with Crippen molar-refractivity contribution in [2.75, 3.05) is 12.5 Å². The number of hydrazone groups is 1. The fraction of sp³-hybridized carbons (Fsp3) is 0.143. The molecule has 0 amide bonds. The zero-order chi connectivity index (χ0) is 24.0. The number of aromatic nitrogens is 1. The van der Waals surface area contributed by atoms with Gasteiger partial charge in [-0.05, 0) is 70.1 Å². The molecule has 172 valence electrons. The maximum Gasteiger partial charge on any atom is 0.417 e. The van der Waals surface area contributed by atoms with E-state index in [1.165, 1.54) is 31.5 Å². The predicted molar refractivity (Wildman–Crippen MR) is 124 cm³/mol. The summed E-state index contributed by atoms with van der Waals surface area (Å²) in [5, 5.41) is 14.7. The molecule has 3 rings (SSSR count). The van der Waals surface area contributed by atoms with Crippen LogP contribution >= 0.6 is 22.6 Å². The predicted octanol–water partition coefficient (Wildman–Crippen LogP) is 5.65. The van der Waals surface area contributed by atoms with Gasteiger partial charge in [-0.25, -0.2) is 4.98 Å². The smallest absolute Gasteiger partial charge is 0.417 e. The summed E-state index contributed by atoms with van der Waals surface area (Å²) in [4.78, 5) is 14.0. The van der Waals surface area contributed by atoms with Crippen molar-refractivity contribution in [1.29, 1.82) is 0 Å². The Balaban J connectivity index is 1.67. The normalized spacial score (nSPS) is 11.4. The summed E-state index contributed by atoms with van der Waals surface area (Å²) >= 11 is 2.07. The topological polar surface area (TPSA) is 98.9 Å². The summed E-state index contributed by atoms with van der Waals surface area (Å²) in [6.07, 6.45) is -2.27. The summed E-state index contributed by atoms with van der Waals surface area (Å²) in [5.74, 6) is 1.09. The second kappa shape index (κ2) is 10.5. The first kappa shape index (κ1) is 24.2. The molecule has 0 fully saturated rings. The molecule has 0 aliphatic carbocycles. The maximum atomic E-state index is 12.6. The van der Waals surface area contributed by atoms with Gasteiger partial charge in [-0.2, -0.15) is 18.3 Å². The number of nitrogens with zero attached hydrogens (tertiary/aromatic N) is 3. The first-order chi connectivity index (χ1) is 15.7. The van der Waals surface area contributed by atoms with E-state index >= 15 is 0 Å². The van der Waals surface area contributed by atoms with Crippen molar-refractivity contribution in [3.63, 3.8) is 0 Å². The Morgan fingerprint density at radius 1 is 1.21 bits per heavy atom. The summed E-state index contributed by atoms with van der Waals surface area (Å²) in [7, 11) is 1.48. The molecule has 0 unspecified atom stereocenters. The standard InChI is InChI=1S/C21H16F3IN4O4/c1-32-18-9-14(10-27-28-19-7-4-15(11-26-19)21(22,23)24)8-17(25)20(18)33-12-13-2-5-16(6-3-13)29(30)31/h2-11H,12H2,1H3,(H,26,28)/b27-10-. The molecule has 12 heteroatoms. The van der Waals surface area contributed by atoms with E-state index in [1.54, 1.807) is 24.3 Å². The number of benzene rings is 2. The van der Waals surface area contributed by atoms with Crippen LogP contribution in [-0.4, -0.2) is 23.2 Å². The highest BCUT2D eigenvalue weighted by Gasteiger charge is 2.30. The van der Waals surface area contributed by atoms with Gasteiger partial charge in [0.2, 0.25) is 0 Å². The van der Waals surface area contributed by atoms with Crippen LogP contribution in [0.5, 0.6) is 11.5 Å². The summed E-state index contributed by atoms with van der Waals surface area (Å²) in [5.41, 5.74) is 3.12. The molecule has 0 aliphatic rings. The lowest BCUT2D eigenvalue weighted by Crippen LogP contribution is -2.05. The van der Waals surface area contributed by atoms with Gasteiger partial charge >= 0.3 is 6.18 Å². The Morgan fingerprint density at radius 2 is 1.94 bits per heavy atom. The third kappa shape index (κ3) is 6.54. The SMILES string of the molecule is COc1cc(/C=N\Nc2ccc(C(F)(F)F)cn2)cc(I)c1OCc1ccc([N+](=O)[O-])cc1. The lowest BCUT2D eigenvalue weighted by atomic mass is 10.2. The second-order valence-corrected chi connectivity index (χ2v) is 7.71. The number of hydrogen-bond donors (Lipinski definition) is 1. The zero-order valence-corrected chi connectivity index (χ0v) is 19.1. The number of alkyl halides is 3. The Hall–Kier alpha value is -3.42. The minimum Gasteiger partial charge on any atom is -0.493 e. The monoisotopic (exact) mass is 572 g/mol. The summed E-state index contributed by atoms with van der Waals surface area (Å²) in [6, 6.07) is 11.6. The van der Waals surface area contributed by atoms with Crippen molar-refractivity contribution >= 4 is 40.3 Å². The Labute approximate surface area is 199 Å². The van der Waals surface area contributed by atoms with Gasteiger partial charge in [0.15, 0.2) is 11.5 Å². The first-order valence-corrected chi connectivity index (χ1v) is 10.3. The van der Waals surface area contributed by atoms with Gasteiger partial charge in [0, 0.05) is 18.3 Å². The lowest BCUT2D eigenvalue weighted by molar-refractivity contribution is -0.384. The van der Waals surface area contributed by atoms with Gasteiger partial charge in [0.05, 0.1) is 27.4 Å². The highest BCUT2D eigenvalue weighted by molar-refractivity contribution is 14.1. The number of pyridine rings is 1. The molecule has 0 saturated carbocycles. The molecular weight excluding hydrogens is 556 g/mol. The molecule has 3 aromatic rings. The van der Waals surface area contributed by atoms with E-state index < -0.39 is 16.7 Å². The number of halogens is 4. The van der Waals surface area contributed by atoms with E-state index in [9.17, 15) is 23.3 Å². The highest BCUT2D eigenvalue weighted by Crippen LogP contribution is 2.34. The molecule has 1 aromatic heterocycles. The van der Waals surface area contributed by atoms with Crippen LogP contribution in [0.2, 0.25) is 0 Å². The maximum absolute atomic E-state index is 12.6. The zero-order valence-electron chi connectivity index (χ0n) is 17.0. The van der Waals surface area contributed by atoms with Crippen LogP contribution in [-0.2, 0) is 12.8 Å². The Bertz CT molecular complexity index is 1150. The average molecular weight is 572 g/mol. The number of nitro groups is 1. The first-order valence-electron chi connectivity index (χ1n) is 9.23. The van der Waals surface area contributed by atoms with Gasteiger partial charge in [-0.3, -0.25) is 15.5 Å². The average Bonchev–Trinajstić information content (AvgIpc) is 2.78. The van der Waals surface area contributed by atoms with E-state index in [0.29, 0.717) is 17.1 Å². The van der Waals surface area contributed by atoms with Crippen LogP contribution in [0.3, 0.4) is 0 Å². The molecular formula is C21H16F3IN4O4. The number of hydrogen-bond acceptors (Lipinski definition) is 7. The Morgan fingerprint density at radius 3 is 2.52 bits per heavy atom. The molecule has 33 heavy (non-hydrogen) atoms. The second-order valence-electron chi connectivity index (χ2n) is 6.55. The molecule has 0 radical (unpaired) electrons. The fourth-order valence-corrected chi connectivity index (χ4v) is 3.41. The van der Waals surface area contributed by atoms with Gasteiger partial charge < -0.3 is 9.47 Å². The van der Waals surface area contributed by atoms with Crippen LogP contribution < -0.4 is 14.9 Å². The number of ether oxygens (including phenoxy) is 2. The summed E-state index contributed by atoms with van der Waals surface area (Å²) in [6.45, 7) is 0.180. The fourth-order valence-electron chi connectivity index (χ4n) is 2.62. The molecule has 0 saturated heterocycles. The van der Waals surface area contributed by atoms with Crippen molar-refractivity contribution in [3.05, 3.63) is 85.1 Å². The number of non-ortho nitro benzene ring substituents is 1. The number of nitrogens with one attached hydrogen (secondary N) is 1. The summed E-state index contributed by atoms with van der Waals surface area (Å²) < 4.78 is 49.7. The third-order valence-electron chi connectivity index (χ3n) is 4.27. The van der Waals surface area contributed by atoms with E-state index in [2.05, 4.69) is 38.1 Å². The van der Waals surface area contributed by atoms with E-state index in [4.69, 9.17) is 9.47 Å². The van der Waals surface area contributed by atoms with Crippen LogP contribution in [0.1, 0.15) is 16.7 Å². The molecule has 1 heterocycles. The van der Waals surface area contributed by atoms with Crippen molar-refractivity contribution in [2.45, 2.75) is 12.8 Å². The number of rotatable bonds is 8. The van der Waals surface area contributed by atoms with Crippen molar-refractivity contribution in [1.82, 2.24) is 4.98 Å². The van der Waals surface area contributed by atoms with Crippen LogP contribution in [0, 0.1) is 13.7 Å². The molecule has 0 bridgehead atoms. The van der Waals surface area contributed by atoms with Crippen LogP contribution in [0.25, 0.3) is 0 Å². The molecule has 1 N–H and O–H groups in total. The van der Waals surface area contributed by atoms with Crippen molar-refractivity contribution in [3.8, 4) is 11.5 Å². The van der Waals surface area contributed by atoms with Crippen molar-refractivity contribution < 1.29 is 27.6 Å². The molecule has 0 aliphatic heterocycles. The van der Waals surface area contributed by atoms with Crippen LogP contribution in [0.4, 0.5) is 24.7 Å². The quantitative estimate of drug-likeness (QED) is 0.162. The van der Waals surface area contributed by atoms with Gasteiger partial charge in [0.25, 0.3) is 5.69 Å². The van der Waals surface area contributed by atoms with Crippen LogP contribution in [0.15, 0.2) is 59.8 Å². The van der Waals surface area contributed by atoms with E-state index in [0.717, 1.165) is 21.4 Å². The number of methoxy groups -OCH3 is 1. The van der Waals surface area contributed by atoms with E-state index in [1.807, 2.05) is 0 Å². The van der Waals surface area contributed by atoms with Gasteiger partial charge in [-0.15, -0.1) is 0 Å². The molecule has 0 atom stereocenters. The number of anilines is 1. The molecule has 8 nitrogen and oxygen atoms in total.